The molecule has 4 nitrogen and oxygen atoms in total. The van der Waals surface area contributed by atoms with E-state index < -0.39 is 12.1 Å². The standard InChI is InChI=1S/C50H89NO3/c1-3-5-7-8-9-10-11-12-13-14-15-16-17-18-19-20-21-22-23-24-25-26-27-28-29-30-31-32-33-34-35-36-37-38-39-40-41-42-44-46-50(54)51-48(47-52)49(53)45-43-6-4-2/h5,7,9-10,12-13,15-16,18-19,43,45,48-49,52-53H,3-4,6,8,11,14,17,20-42,44,46-47H2,1-2H3,(H,51,54)/b7-5-,10-9-,13-12-,16-15-,19-18-,45-43+. The number of amides is 1. The Balaban J connectivity index is 3.33. The fourth-order valence-corrected chi connectivity index (χ4v) is 6.68. The van der Waals surface area contributed by atoms with Gasteiger partial charge in [-0.1, -0.05) is 228 Å². The number of hydrogen-bond donors (Lipinski definition) is 3. The maximum absolute atomic E-state index is 12.2. The highest BCUT2D eigenvalue weighted by Gasteiger charge is 2.17. The van der Waals surface area contributed by atoms with E-state index in [1.807, 2.05) is 6.08 Å². The molecule has 0 radical (unpaired) electrons. The summed E-state index contributed by atoms with van der Waals surface area (Å²) in [6, 6.07) is -0.617. The summed E-state index contributed by atoms with van der Waals surface area (Å²) in [5.41, 5.74) is 0. The summed E-state index contributed by atoms with van der Waals surface area (Å²) < 4.78 is 0. The van der Waals surface area contributed by atoms with Gasteiger partial charge in [0.2, 0.25) is 5.91 Å². The first-order valence-corrected chi connectivity index (χ1v) is 23.2. The van der Waals surface area contributed by atoms with Crippen LogP contribution in [0.25, 0.3) is 0 Å². The molecule has 0 aromatic rings. The lowest BCUT2D eigenvalue weighted by atomic mass is 10.0. The Kier molecular flexibility index (Phi) is 43.4. The third-order valence-electron chi connectivity index (χ3n) is 10.2. The van der Waals surface area contributed by atoms with Crippen LogP contribution in [0.3, 0.4) is 0 Å². The molecule has 0 aliphatic heterocycles. The van der Waals surface area contributed by atoms with Crippen molar-refractivity contribution in [3.63, 3.8) is 0 Å². The van der Waals surface area contributed by atoms with Crippen LogP contribution in [-0.4, -0.2) is 34.9 Å². The Morgan fingerprint density at radius 1 is 0.463 bits per heavy atom. The zero-order valence-corrected chi connectivity index (χ0v) is 35.7. The van der Waals surface area contributed by atoms with E-state index >= 15 is 0 Å². The molecule has 54 heavy (non-hydrogen) atoms. The zero-order valence-electron chi connectivity index (χ0n) is 35.7. The van der Waals surface area contributed by atoms with Gasteiger partial charge in [0.1, 0.15) is 0 Å². The Morgan fingerprint density at radius 2 is 0.815 bits per heavy atom. The second-order valence-electron chi connectivity index (χ2n) is 15.4. The number of rotatable bonds is 41. The van der Waals surface area contributed by atoms with E-state index in [9.17, 15) is 15.0 Å². The van der Waals surface area contributed by atoms with Crippen molar-refractivity contribution in [1.29, 1.82) is 0 Å². The van der Waals surface area contributed by atoms with Gasteiger partial charge in [0.05, 0.1) is 18.8 Å². The SMILES string of the molecule is CC/C=C\C/C=C\C/C=C\C/C=C\C/C=C\CCCCCCCCCCCCCCCCCCCCCCCCCC(=O)NC(CO)C(O)/C=C/CCC. The van der Waals surface area contributed by atoms with Crippen LogP contribution < -0.4 is 5.32 Å². The van der Waals surface area contributed by atoms with Crippen molar-refractivity contribution in [1.82, 2.24) is 5.32 Å². The molecule has 0 bridgehead atoms. The summed E-state index contributed by atoms with van der Waals surface area (Å²) in [6.45, 7) is 4.00. The van der Waals surface area contributed by atoms with Crippen molar-refractivity contribution in [3.05, 3.63) is 72.9 Å². The summed E-state index contributed by atoms with van der Waals surface area (Å²) in [5.74, 6) is -0.0755. The van der Waals surface area contributed by atoms with Gasteiger partial charge in [-0.3, -0.25) is 4.79 Å². The molecule has 0 fully saturated rings. The van der Waals surface area contributed by atoms with Gasteiger partial charge in [-0.15, -0.1) is 0 Å². The Hall–Kier alpha value is -2.17. The number of allylic oxidation sites excluding steroid dienone is 11. The average Bonchev–Trinajstić information content (AvgIpc) is 3.17. The van der Waals surface area contributed by atoms with E-state index in [1.165, 1.54) is 141 Å². The highest BCUT2D eigenvalue weighted by Crippen LogP contribution is 2.16. The summed E-state index contributed by atoms with van der Waals surface area (Å²) >= 11 is 0. The zero-order chi connectivity index (χ0) is 39.3. The molecule has 2 unspecified atom stereocenters. The van der Waals surface area contributed by atoms with Gasteiger partial charge in [-0.05, 0) is 57.8 Å². The number of carbonyl (C=O) groups excluding carboxylic acids is 1. The second kappa shape index (κ2) is 45.2. The third-order valence-corrected chi connectivity index (χ3v) is 10.2. The summed E-state index contributed by atoms with van der Waals surface area (Å²) in [5, 5.41) is 22.4. The van der Waals surface area contributed by atoms with Crippen LogP contribution in [0, 0.1) is 0 Å². The van der Waals surface area contributed by atoms with Crippen LogP contribution in [0.2, 0.25) is 0 Å². The lowest BCUT2D eigenvalue weighted by molar-refractivity contribution is -0.123. The monoisotopic (exact) mass is 752 g/mol. The minimum atomic E-state index is -0.834. The van der Waals surface area contributed by atoms with Crippen LogP contribution in [0.1, 0.15) is 219 Å². The molecule has 0 saturated carbocycles. The fraction of sp³-hybridized carbons (Fsp3) is 0.740. The largest absolute Gasteiger partial charge is 0.394 e. The molecule has 0 aliphatic carbocycles. The first kappa shape index (κ1) is 51.8. The molecule has 0 aromatic heterocycles. The van der Waals surface area contributed by atoms with Gasteiger partial charge in [-0.2, -0.15) is 0 Å². The lowest BCUT2D eigenvalue weighted by Gasteiger charge is -2.19. The van der Waals surface area contributed by atoms with Gasteiger partial charge in [-0.25, -0.2) is 0 Å². The average molecular weight is 752 g/mol. The lowest BCUT2D eigenvalue weighted by Crippen LogP contribution is -2.45. The van der Waals surface area contributed by atoms with E-state index in [0.29, 0.717) is 6.42 Å². The molecule has 0 saturated heterocycles. The Labute approximate surface area is 336 Å². The highest BCUT2D eigenvalue weighted by atomic mass is 16.3. The van der Waals surface area contributed by atoms with E-state index in [-0.39, 0.29) is 12.5 Å². The van der Waals surface area contributed by atoms with Crippen LogP contribution in [0.15, 0.2) is 72.9 Å². The minimum absolute atomic E-state index is 0.0755. The van der Waals surface area contributed by atoms with E-state index in [2.05, 4.69) is 79.9 Å². The minimum Gasteiger partial charge on any atom is -0.394 e. The van der Waals surface area contributed by atoms with Gasteiger partial charge >= 0.3 is 0 Å². The predicted molar refractivity (Wildman–Crippen MR) is 239 cm³/mol. The molecule has 1 amide bonds. The van der Waals surface area contributed by atoms with E-state index in [0.717, 1.165) is 57.8 Å². The third kappa shape index (κ3) is 41.0. The molecule has 0 heterocycles. The molecule has 0 aromatic carbocycles. The molecule has 0 aliphatic rings. The van der Waals surface area contributed by atoms with Gasteiger partial charge in [0, 0.05) is 6.42 Å². The molecule has 0 spiro atoms. The molecule has 4 heteroatoms. The molecule has 312 valence electrons. The molecular formula is C50H89NO3. The van der Waals surface area contributed by atoms with Gasteiger partial charge < -0.3 is 15.5 Å². The number of nitrogens with one attached hydrogen (secondary N) is 1. The number of aliphatic hydroxyl groups excluding tert-OH is 2. The van der Waals surface area contributed by atoms with E-state index in [1.54, 1.807) is 6.08 Å². The molecule has 0 rings (SSSR count). The van der Waals surface area contributed by atoms with Crippen LogP contribution in [0.5, 0.6) is 0 Å². The quantitative estimate of drug-likeness (QED) is 0.0430. The van der Waals surface area contributed by atoms with Gasteiger partial charge in [0.25, 0.3) is 0 Å². The predicted octanol–water partition coefficient (Wildman–Crippen LogP) is 14.7. The van der Waals surface area contributed by atoms with Crippen LogP contribution in [-0.2, 0) is 4.79 Å². The summed E-state index contributed by atoms with van der Waals surface area (Å²) in [7, 11) is 0. The van der Waals surface area contributed by atoms with Crippen molar-refractivity contribution < 1.29 is 15.0 Å². The summed E-state index contributed by atoms with van der Waals surface area (Å²) in [6.07, 6.45) is 65.5. The van der Waals surface area contributed by atoms with Crippen LogP contribution in [0.4, 0.5) is 0 Å². The number of hydrogen-bond acceptors (Lipinski definition) is 3. The maximum Gasteiger partial charge on any atom is 0.220 e. The van der Waals surface area contributed by atoms with Crippen molar-refractivity contribution >= 4 is 5.91 Å². The molecular weight excluding hydrogens is 663 g/mol. The van der Waals surface area contributed by atoms with E-state index in [4.69, 9.17) is 0 Å². The first-order chi connectivity index (χ1) is 26.7. The number of aliphatic hydroxyl groups is 2. The van der Waals surface area contributed by atoms with Crippen molar-refractivity contribution in [2.75, 3.05) is 6.61 Å². The second-order valence-corrected chi connectivity index (χ2v) is 15.4. The number of unbranched alkanes of at least 4 members (excludes halogenated alkanes) is 24. The first-order valence-electron chi connectivity index (χ1n) is 23.2. The molecule has 3 N–H and O–H groups in total. The number of carbonyl (C=O) groups is 1. The topological polar surface area (TPSA) is 69.6 Å². The highest BCUT2D eigenvalue weighted by molar-refractivity contribution is 5.76. The van der Waals surface area contributed by atoms with Gasteiger partial charge in [0.15, 0.2) is 0 Å². The maximum atomic E-state index is 12.2. The Morgan fingerprint density at radius 3 is 1.19 bits per heavy atom. The Bertz CT molecular complexity index is 946. The summed E-state index contributed by atoms with van der Waals surface area (Å²) in [4.78, 5) is 12.2. The fourth-order valence-electron chi connectivity index (χ4n) is 6.68. The van der Waals surface area contributed by atoms with Crippen molar-refractivity contribution in [2.45, 2.75) is 231 Å². The van der Waals surface area contributed by atoms with Crippen molar-refractivity contribution in [3.8, 4) is 0 Å². The smallest absolute Gasteiger partial charge is 0.220 e. The van der Waals surface area contributed by atoms with Crippen molar-refractivity contribution in [2.24, 2.45) is 0 Å². The molecule has 2 atom stereocenters. The normalized spacial score (nSPS) is 13.6. The van der Waals surface area contributed by atoms with Crippen LogP contribution >= 0.6 is 0 Å².